The Morgan fingerprint density at radius 3 is 2.74 bits per heavy atom. The fourth-order valence-corrected chi connectivity index (χ4v) is 3.28. The molecule has 3 heterocycles. The summed E-state index contributed by atoms with van der Waals surface area (Å²) < 4.78 is 4.91. The molecule has 0 saturated carbocycles. The van der Waals surface area contributed by atoms with Crippen LogP contribution in [0.2, 0.25) is 0 Å². The molecule has 2 aromatic heterocycles. The Hall–Kier alpha value is -2.40. The minimum atomic E-state index is 0.862. The molecule has 3 aromatic rings. The van der Waals surface area contributed by atoms with Crippen LogP contribution in [0.4, 0.5) is 5.69 Å². The highest BCUT2D eigenvalue weighted by Gasteiger charge is 2.19. The summed E-state index contributed by atoms with van der Waals surface area (Å²) in [6, 6.07) is 10.5. The van der Waals surface area contributed by atoms with Crippen LogP contribution < -0.4 is 4.90 Å². The van der Waals surface area contributed by atoms with Crippen LogP contribution in [0.3, 0.4) is 0 Å². The summed E-state index contributed by atoms with van der Waals surface area (Å²) in [5, 5.41) is 5.25. The van der Waals surface area contributed by atoms with Gasteiger partial charge in [0.15, 0.2) is 0 Å². The van der Waals surface area contributed by atoms with Gasteiger partial charge >= 0.3 is 0 Å². The summed E-state index contributed by atoms with van der Waals surface area (Å²) in [6.45, 7) is 7.08. The van der Waals surface area contributed by atoms with Gasteiger partial charge in [0.2, 0.25) is 0 Å². The summed E-state index contributed by atoms with van der Waals surface area (Å²) in [6.07, 6.45) is 3.56. The van der Waals surface area contributed by atoms with Crippen molar-refractivity contribution >= 4 is 16.6 Å². The molecule has 5 nitrogen and oxygen atoms in total. The number of aromatic nitrogens is 2. The van der Waals surface area contributed by atoms with E-state index in [0.29, 0.717) is 0 Å². The van der Waals surface area contributed by atoms with Gasteiger partial charge in [-0.2, -0.15) is 0 Å². The van der Waals surface area contributed by atoms with E-state index in [4.69, 9.17) is 4.52 Å². The van der Waals surface area contributed by atoms with E-state index in [9.17, 15) is 0 Å². The molecular formula is C18H20N4O. The molecule has 23 heavy (non-hydrogen) atoms. The number of para-hydroxylation sites is 1. The first-order valence-corrected chi connectivity index (χ1v) is 8.02. The molecule has 0 radical (unpaired) electrons. The third kappa shape index (κ3) is 2.80. The van der Waals surface area contributed by atoms with Crippen LogP contribution in [-0.4, -0.2) is 41.2 Å². The monoisotopic (exact) mass is 308 g/mol. The zero-order valence-electron chi connectivity index (χ0n) is 13.3. The quantitative estimate of drug-likeness (QED) is 0.744. The molecule has 0 amide bonds. The number of anilines is 1. The molecule has 4 rings (SSSR count). The summed E-state index contributed by atoms with van der Waals surface area (Å²) in [5.74, 6) is 0. The fraction of sp³-hybridized carbons (Fsp3) is 0.333. The van der Waals surface area contributed by atoms with Gasteiger partial charge in [0, 0.05) is 56.1 Å². The van der Waals surface area contributed by atoms with Crippen molar-refractivity contribution in [3.63, 3.8) is 0 Å². The van der Waals surface area contributed by atoms with Gasteiger partial charge in [-0.3, -0.25) is 9.88 Å². The average Bonchev–Trinajstić information content (AvgIpc) is 3.09. The van der Waals surface area contributed by atoms with E-state index in [1.54, 1.807) is 6.26 Å². The van der Waals surface area contributed by atoms with E-state index >= 15 is 0 Å². The van der Waals surface area contributed by atoms with Gasteiger partial charge in [0.05, 0.1) is 11.2 Å². The second kappa shape index (κ2) is 6.01. The third-order valence-corrected chi connectivity index (χ3v) is 4.54. The summed E-state index contributed by atoms with van der Waals surface area (Å²) in [5.41, 5.74) is 4.63. The topological polar surface area (TPSA) is 45.4 Å². The lowest BCUT2D eigenvalue weighted by atomic mass is 10.1. The summed E-state index contributed by atoms with van der Waals surface area (Å²) in [4.78, 5) is 9.43. The highest BCUT2D eigenvalue weighted by molar-refractivity contribution is 5.93. The van der Waals surface area contributed by atoms with Crippen LogP contribution in [0.15, 0.2) is 47.3 Å². The molecule has 0 aliphatic carbocycles. The van der Waals surface area contributed by atoms with E-state index in [1.165, 1.54) is 16.6 Å². The van der Waals surface area contributed by atoms with E-state index in [1.807, 2.05) is 12.3 Å². The molecule has 0 spiro atoms. The van der Waals surface area contributed by atoms with Gasteiger partial charge in [0.25, 0.3) is 0 Å². The fourth-order valence-electron chi connectivity index (χ4n) is 3.28. The maximum Gasteiger partial charge on any atom is 0.124 e. The van der Waals surface area contributed by atoms with Gasteiger partial charge in [-0.1, -0.05) is 23.4 Å². The molecular weight excluding hydrogens is 288 g/mol. The molecule has 0 unspecified atom stereocenters. The molecule has 1 saturated heterocycles. The lowest BCUT2D eigenvalue weighted by molar-refractivity contribution is 0.242. The van der Waals surface area contributed by atoms with E-state index in [0.717, 1.165) is 43.9 Å². The number of nitrogens with zero attached hydrogens (tertiary/aromatic N) is 4. The number of pyridine rings is 1. The zero-order chi connectivity index (χ0) is 15.6. The Morgan fingerprint density at radius 2 is 1.96 bits per heavy atom. The number of benzene rings is 1. The van der Waals surface area contributed by atoms with Crippen LogP contribution in [0.1, 0.15) is 11.3 Å². The number of fused-ring (bicyclic) bond motifs is 1. The number of rotatable bonds is 3. The lowest BCUT2D eigenvalue weighted by Crippen LogP contribution is -2.46. The molecule has 1 aromatic carbocycles. The van der Waals surface area contributed by atoms with Gasteiger partial charge in [-0.05, 0) is 18.6 Å². The number of piperazine rings is 1. The maximum atomic E-state index is 4.91. The van der Waals surface area contributed by atoms with Crippen molar-refractivity contribution in [3.8, 4) is 0 Å². The van der Waals surface area contributed by atoms with Crippen molar-refractivity contribution in [2.45, 2.75) is 13.5 Å². The molecule has 0 N–H and O–H groups in total. The predicted molar refractivity (Wildman–Crippen MR) is 90.5 cm³/mol. The molecule has 1 aliphatic rings. The molecule has 1 fully saturated rings. The normalized spacial score (nSPS) is 16.1. The van der Waals surface area contributed by atoms with Crippen molar-refractivity contribution in [2.75, 3.05) is 31.1 Å². The summed E-state index contributed by atoms with van der Waals surface area (Å²) in [7, 11) is 0. The first kappa shape index (κ1) is 14.2. The minimum absolute atomic E-state index is 0.862. The van der Waals surface area contributed by atoms with Crippen molar-refractivity contribution in [1.29, 1.82) is 0 Å². The number of aryl methyl sites for hydroxylation is 1. The van der Waals surface area contributed by atoms with Crippen molar-refractivity contribution in [3.05, 3.63) is 54.0 Å². The Morgan fingerprint density at radius 1 is 1.09 bits per heavy atom. The van der Waals surface area contributed by atoms with Gasteiger partial charge in [-0.25, -0.2) is 0 Å². The molecule has 118 valence electrons. The molecule has 0 bridgehead atoms. The Bertz CT molecular complexity index is 792. The second-order valence-electron chi connectivity index (χ2n) is 6.06. The zero-order valence-corrected chi connectivity index (χ0v) is 13.3. The smallest absolute Gasteiger partial charge is 0.124 e. The number of hydrogen-bond donors (Lipinski definition) is 0. The highest BCUT2D eigenvalue weighted by Crippen LogP contribution is 2.28. The standard InChI is InChI=1S/C18H20N4O/c1-14-3-2-4-16-17(5-7-19-18(14)16)22-10-8-21(9-11-22)13-15-6-12-23-20-15/h2-7,12H,8-11,13H2,1H3. The number of hydrogen-bond acceptors (Lipinski definition) is 5. The van der Waals surface area contributed by atoms with Crippen LogP contribution in [-0.2, 0) is 6.54 Å². The third-order valence-electron chi connectivity index (χ3n) is 4.54. The largest absolute Gasteiger partial charge is 0.368 e. The van der Waals surface area contributed by atoms with Crippen LogP contribution in [0.25, 0.3) is 10.9 Å². The highest BCUT2D eigenvalue weighted by atomic mass is 16.5. The average molecular weight is 308 g/mol. The Kier molecular flexibility index (Phi) is 3.71. The van der Waals surface area contributed by atoms with Crippen LogP contribution >= 0.6 is 0 Å². The molecule has 1 aliphatic heterocycles. The SMILES string of the molecule is Cc1cccc2c(N3CCN(Cc4ccon4)CC3)ccnc12. The summed E-state index contributed by atoms with van der Waals surface area (Å²) >= 11 is 0. The molecule has 5 heteroatoms. The maximum absolute atomic E-state index is 4.91. The van der Waals surface area contributed by atoms with E-state index < -0.39 is 0 Å². The molecule has 0 atom stereocenters. The van der Waals surface area contributed by atoms with Crippen LogP contribution in [0.5, 0.6) is 0 Å². The van der Waals surface area contributed by atoms with Gasteiger partial charge in [0.1, 0.15) is 6.26 Å². The lowest BCUT2D eigenvalue weighted by Gasteiger charge is -2.36. The van der Waals surface area contributed by atoms with Gasteiger partial charge < -0.3 is 9.42 Å². The van der Waals surface area contributed by atoms with E-state index in [2.05, 4.69) is 51.1 Å². The Balaban J connectivity index is 1.51. The first-order chi connectivity index (χ1) is 11.3. The minimum Gasteiger partial charge on any atom is -0.368 e. The predicted octanol–water partition coefficient (Wildman–Crippen LogP) is 2.85. The second-order valence-corrected chi connectivity index (χ2v) is 6.06. The van der Waals surface area contributed by atoms with Crippen molar-refractivity contribution in [2.24, 2.45) is 0 Å². The van der Waals surface area contributed by atoms with Crippen LogP contribution in [0, 0.1) is 6.92 Å². The van der Waals surface area contributed by atoms with E-state index in [-0.39, 0.29) is 0 Å². The first-order valence-electron chi connectivity index (χ1n) is 8.02. The van der Waals surface area contributed by atoms with Crippen molar-refractivity contribution in [1.82, 2.24) is 15.0 Å². The van der Waals surface area contributed by atoms with Gasteiger partial charge in [-0.15, -0.1) is 0 Å². The van der Waals surface area contributed by atoms with Crippen molar-refractivity contribution < 1.29 is 4.52 Å². The Labute approximate surface area is 135 Å².